The standard InChI is InChI=1S/C15H20N2O3/c1-12(18)20-14-8-6-7-13(11-14)16-15(19)17-9-4-2-3-5-10-17/h6-8,11H,2-5,9-10H2,1H3,(H,16,19). The fraction of sp³-hybridized carbons (Fsp3) is 0.467. The molecule has 1 aliphatic heterocycles. The Balaban J connectivity index is 1.97. The summed E-state index contributed by atoms with van der Waals surface area (Å²) in [6.45, 7) is 2.95. The highest BCUT2D eigenvalue weighted by molar-refractivity contribution is 5.89. The molecule has 2 amide bonds. The summed E-state index contributed by atoms with van der Waals surface area (Å²) in [7, 11) is 0. The molecule has 1 aliphatic rings. The van der Waals surface area contributed by atoms with E-state index in [0.29, 0.717) is 11.4 Å². The van der Waals surface area contributed by atoms with Crippen molar-refractivity contribution in [1.29, 1.82) is 0 Å². The summed E-state index contributed by atoms with van der Waals surface area (Å²) in [5.41, 5.74) is 0.637. The van der Waals surface area contributed by atoms with Crippen LogP contribution >= 0.6 is 0 Å². The van der Waals surface area contributed by atoms with Gasteiger partial charge in [-0.3, -0.25) is 4.79 Å². The number of benzene rings is 1. The van der Waals surface area contributed by atoms with Crippen LogP contribution in [-0.2, 0) is 4.79 Å². The molecule has 0 aliphatic carbocycles. The van der Waals surface area contributed by atoms with Crippen molar-refractivity contribution in [3.63, 3.8) is 0 Å². The van der Waals surface area contributed by atoms with Crippen molar-refractivity contribution in [2.75, 3.05) is 18.4 Å². The molecule has 0 saturated carbocycles. The van der Waals surface area contributed by atoms with Crippen LogP contribution in [0.3, 0.4) is 0 Å². The van der Waals surface area contributed by atoms with Gasteiger partial charge in [-0.1, -0.05) is 18.9 Å². The number of urea groups is 1. The van der Waals surface area contributed by atoms with Crippen molar-refractivity contribution in [3.05, 3.63) is 24.3 Å². The number of rotatable bonds is 2. The lowest BCUT2D eigenvalue weighted by molar-refractivity contribution is -0.131. The number of ether oxygens (including phenoxy) is 1. The van der Waals surface area contributed by atoms with Crippen LogP contribution in [0.25, 0.3) is 0 Å². The molecule has 0 bridgehead atoms. The summed E-state index contributed by atoms with van der Waals surface area (Å²) in [5, 5.41) is 2.85. The van der Waals surface area contributed by atoms with Gasteiger partial charge in [0.15, 0.2) is 0 Å². The predicted molar refractivity (Wildman–Crippen MR) is 76.8 cm³/mol. The molecule has 5 nitrogen and oxygen atoms in total. The molecule has 1 N–H and O–H groups in total. The minimum absolute atomic E-state index is 0.0909. The lowest BCUT2D eigenvalue weighted by Gasteiger charge is -2.20. The Morgan fingerprint density at radius 1 is 1.15 bits per heavy atom. The molecular weight excluding hydrogens is 256 g/mol. The van der Waals surface area contributed by atoms with Crippen LogP contribution in [0.1, 0.15) is 32.6 Å². The van der Waals surface area contributed by atoms with E-state index >= 15 is 0 Å². The molecule has 5 heteroatoms. The number of amides is 2. The van der Waals surface area contributed by atoms with Gasteiger partial charge in [-0.05, 0) is 25.0 Å². The average Bonchev–Trinajstić information content (AvgIpc) is 2.67. The van der Waals surface area contributed by atoms with E-state index in [-0.39, 0.29) is 12.0 Å². The maximum Gasteiger partial charge on any atom is 0.321 e. The van der Waals surface area contributed by atoms with Gasteiger partial charge < -0.3 is 15.0 Å². The molecule has 0 spiro atoms. The van der Waals surface area contributed by atoms with E-state index in [1.807, 2.05) is 4.90 Å². The molecule has 2 rings (SSSR count). The van der Waals surface area contributed by atoms with Gasteiger partial charge in [0.1, 0.15) is 5.75 Å². The first-order valence-corrected chi connectivity index (χ1v) is 6.99. The maximum absolute atomic E-state index is 12.2. The van der Waals surface area contributed by atoms with E-state index < -0.39 is 0 Å². The van der Waals surface area contributed by atoms with Crippen molar-refractivity contribution in [2.45, 2.75) is 32.6 Å². The van der Waals surface area contributed by atoms with Crippen molar-refractivity contribution in [3.8, 4) is 5.75 Å². The van der Waals surface area contributed by atoms with Gasteiger partial charge in [-0.15, -0.1) is 0 Å². The first kappa shape index (κ1) is 14.4. The van der Waals surface area contributed by atoms with Crippen LogP contribution in [0.4, 0.5) is 10.5 Å². The predicted octanol–water partition coefficient (Wildman–Crippen LogP) is 3.02. The normalized spacial score (nSPS) is 15.3. The van der Waals surface area contributed by atoms with Gasteiger partial charge >= 0.3 is 12.0 Å². The second-order valence-corrected chi connectivity index (χ2v) is 4.95. The number of nitrogens with one attached hydrogen (secondary N) is 1. The Labute approximate surface area is 118 Å². The van der Waals surface area contributed by atoms with E-state index in [1.54, 1.807) is 24.3 Å². The van der Waals surface area contributed by atoms with E-state index in [1.165, 1.54) is 19.8 Å². The lowest BCUT2D eigenvalue weighted by Crippen LogP contribution is -2.35. The molecule has 1 heterocycles. The SMILES string of the molecule is CC(=O)Oc1cccc(NC(=O)N2CCCCCC2)c1. The van der Waals surface area contributed by atoms with Gasteiger partial charge in [0.2, 0.25) is 0 Å². The lowest BCUT2D eigenvalue weighted by atomic mass is 10.2. The fourth-order valence-corrected chi connectivity index (χ4v) is 2.28. The van der Waals surface area contributed by atoms with Crippen LogP contribution in [0.15, 0.2) is 24.3 Å². The third-order valence-corrected chi connectivity index (χ3v) is 3.24. The summed E-state index contributed by atoms with van der Waals surface area (Å²) in [5.74, 6) is 0.0622. The van der Waals surface area contributed by atoms with Crippen molar-refractivity contribution < 1.29 is 14.3 Å². The molecule has 0 atom stereocenters. The monoisotopic (exact) mass is 276 g/mol. The second-order valence-electron chi connectivity index (χ2n) is 4.95. The number of likely N-dealkylation sites (tertiary alicyclic amines) is 1. The Hall–Kier alpha value is -2.04. The van der Waals surface area contributed by atoms with Gasteiger partial charge in [0, 0.05) is 31.8 Å². The Morgan fingerprint density at radius 2 is 1.85 bits per heavy atom. The quantitative estimate of drug-likeness (QED) is 0.667. The summed E-state index contributed by atoms with van der Waals surface area (Å²) in [4.78, 5) is 24.9. The minimum atomic E-state index is -0.374. The zero-order chi connectivity index (χ0) is 14.4. The molecule has 0 unspecified atom stereocenters. The zero-order valence-corrected chi connectivity index (χ0v) is 11.7. The number of carbonyl (C=O) groups is 2. The third kappa shape index (κ3) is 4.26. The number of hydrogen-bond donors (Lipinski definition) is 1. The van der Waals surface area contributed by atoms with Crippen LogP contribution in [-0.4, -0.2) is 30.0 Å². The number of anilines is 1. The van der Waals surface area contributed by atoms with E-state index in [0.717, 1.165) is 25.9 Å². The average molecular weight is 276 g/mol. The van der Waals surface area contributed by atoms with E-state index in [4.69, 9.17) is 4.74 Å². The number of carbonyl (C=O) groups excluding carboxylic acids is 2. The molecule has 20 heavy (non-hydrogen) atoms. The van der Waals surface area contributed by atoms with E-state index in [9.17, 15) is 9.59 Å². The van der Waals surface area contributed by atoms with Crippen LogP contribution < -0.4 is 10.1 Å². The first-order chi connectivity index (χ1) is 9.65. The molecule has 1 aromatic rings. The highest BCUT2D eigenvalue weighted by atomic mass is 16.5. The highest BCUT2D eigenvalue weighted by Gasteiger charge is 2.15. The molecule has 1 aromatic carbocycles. The number of hydrogen-bond acceptors (Lipinski definition) is 3. The Kier molecular flexibility index (Phi) is 4.98. The maximum atomic E-state index is 12.2. The molecule has 1 fully saturated rings. The Bertz CT molecular complexity index is 480. The molecule has 0 aromatic heterocycles. The summed E-state index contributed by atoms with van der Waals surface area (Å²) < 4.78 is 5.00. The molecule has 1 saturated heterocycles. The van der Waals surface area contributed by atoms with Gasteiger partial charge in [0.25, 0.3) is 0 Å². The van der Waals surface area contributed by atoms with Crippen molar-refractivity contribution in [2.24, 2.45) is 0 Å². The zero-order valence-electron chi connectivity index (χ0n) is 11.7. The van der Waals surface area contributed by atoms with E-state index in [2.05, 4.69) is 5.32 Å². The summed E-state index contributed by atoms with van der Waals surface area (Å²) in [6, 6.07) is 6.77. The highest BCUT2D eigenvalue weighted by Crippen LogP contribution is 2.18. The van der Waals surface area contributed by atoms with Crippen LogP contribution in [0.2, 0.25) is 0 Å². The fourth-order valence-electron chi connectivity index (χ4n) is 2.28. The van der Waals surface area contributed by atoms with Crippen molar-refractivity contribution in [1.82, 2.24) is 4.90 Å². The minimum Gasteiger partial charge on any atom is -0.427 e. The van der Waals surface area contributed by atoms with Gasteiger partial charge in [0.05, 0.1) is 0 Å². The van der Waals surface area contributed by atoms with Crippen LogP contribution in [0, 0.1) is 0 Å². The van der Waals surface area contributed by atoms with Crippen LogP contribution in [0.5, 0.6) is 5.75 Å². The number of esters is 1. The Morgan fingerprint density at radius 3 is 2.50 bits per heavy atom. The summed E-state index contributed by atoms with van der Waals surface area (Å²) in [6.07, 6.45) is 4.49. The van der Waals surface area contributed by atoms with Gasteiger partial charge in [-0.25, -0.2) is 4.79 Å². The third-order valence-electron chi connectivity index (χ3n) is 3.24. The molecule has 108 valence electrons. The topological polar surface area (TPSA) is 58.6 Å². The first-order valence-electron chi connectivity index (χ1n) is 6.99. The smallest absolute Gasteiger partial charge is 0.321 e. The largest absolute Gasteiger partial charge is 0.427 e. The second kappa shape index (κ2) is 6.93. The molecule has 0 radical (unpaired) electrons. The van der Waals surface area contributed by atoms with Gasteiger partial charge in [-0.2, -0.15) is 0 Å². The van der Waals surface area contributed by atoms with Crippen molar-refractivity contribution >= 4 is 17.7 Å². The number of nitrogens with zero attached hydrogens (tertiary/aromatic N) is 1. The summed E-state index contributed by atoms with van der Waals surface area (Å²) >= 11 is 0. The molecular formula is C15H20N2O3.